The monoisotopic (exact) mass is 369 g/mol. The van der Waals surface area contributed by atoms with E-state index in [4.69, 9.17) is 5.11 Å². The van der Waals surface area contributed by atoms with Gasteiger partial charge in [0.25, 0.3) is 0 Å². The molecule has 0 aliphatic carbocycles. The van der Waals surface area contributed by atoms with Crippen molar-refractivity contribution >= 4 is 50.3 Å². The zero-order valence-electron chi connectivity index (χ0n) is 14.1. The normalized spacial score (nSPS) is 12.0. The molecule has 1 heterocycles. The third-order valence-corrected chi connectivity index (χ3v) is 5.97. The first-order chi connectivity index (χ1) is 12.0. The molecule has 0 amide bonds. The van der Waals surface area contributed by atoms with E-state index >= 15 is 0 Å². The van der Waals surface area contributed by atoms with Crippen molar-refractivity contribution < 1.29 is 9.90 Å². The van der Waals surface area contributed by atoms with Crippen molar-refractivity contribution in [2.75, 3.05) is 5.75 Å². The van der Waals surface area contributed by atoms with Crippen molar-refractivity contribution in [3.63, 3.8) is 0 Å². The molecule has 25 heavy (non-hydrogen) atoms. The summed E-state index contributed by atoms with van der Waals surface area (Å²) in [6, 6.07) is 16.4. The molecular formula is C20H19NO2S2. The summed E-state index contributed by atoms with van der Waals surface area (Å²) in [6.45, 7) is 4.33. The molecule has 0 unspecified atom stereocenters. The first-order valence-corrected chi connectivity index (χ1v) is 9.85. The first-order valence-electron chi connectivity index (χ1n) is 8.05. The Hall–Kier alpha value is -2.11. The molecule has 0 aliphatic rings. The number of thiazole rings is 1. The quantitative estimate of drug-likeness (QED) is 0.602. The number of nitrogens with zero attached hydrogens (tertiary/aromatic N) is 1. The molecule has 0 saturated carbocycles. The van der Waals surface area contributed by atoms with E-state index in [1.165, 1.54) is 17.3 Å². The van der Waals surface area contributed by atoms with Crippen LogP contribution in [0, 0.1) is 0 Å². The summed E-state index contributed by atoms with van der Waals surface area (Å²) in [5, 5.41) is 9.91. The molecule has 0 fully saturated rings. The smallest absolute Gasteiger partial charge is 0.313 e. The fourth-order valence-electron chi connectivity index (χ4n) is 2.41. The van der Waals surface area contributed by atoms with Crippen molar-refractivity contribution in [1.82, 2.24) is 4.98 Å². The Bertz CT molecular complexity index is 878. The van der Waals surface area contributed by atoms with Crippen LogP contribution in [0.2, 0.25) is 0 Å². The highest BCUT2D eigenvalue weighted by Gasteiger charge is 2.12. The second kappa shape index (κ2) is 7.85. The van der Waals surface area contributed by atoms with Gasteiger partial charge in [-0.1, -0.05) is 50.2 Å². The van der Waals surface area contributed by atoms with Gasteiger partial charge in [-0.3, -0.25) is 4.79 Å². The molecule has 0 radical (unpaired) electrons. The predicted octanol–water partition coefficient (Wildman–Crippen LogP) is 5.74. The maximum absolute atomic E-state index is 11.0. The maximum Gasteiger partial charge on any atom is 0.313 e. The average molecular weight is 370 g/mol. The van der Waals surface area contributed by atoms with Gasteiger partial charge in [0.15, 0.2) is 0 Å². The Morgan fingerprint density at radius 3 is 2.56 bits per heavy atom. The number of para-hydroxylation sites is 1. The van der Waals surface area contributed by atoms with Gasteiger partial charge < -0.3 is 5.11 Å². The topological polar surface area (TPSA) is 50.2 Å². The van der Waals surface area contributed by atoms with Crippen LogP contribution in [0.25, 0.3) is 21.2 Å². The molecule has 0 bridgehead atoms. The molecule has 3 rings (SSSR count). The minimum atomic E-state index is -0.827. The number of fused-ring (bicyclic) bond motifs is 1. The van der Waals surface area contributed by atoms with Gasteiger partial charge in [-0.05, 0) is 35.3 Å². The van der Waals surface area contributed by atoms with Crippen molar-refractivity contribution in [3.8, 4) is 0 Å². The molecule has 5 heteroatoms. The number of hydrogen-bond donors (Lipinski definition) is 1. The largest absolute Gasteiger partial charge is 0.481 e. The van der Waals surface area contributed by atoms with Crippen molar-refractivity contribution in [2.45, 2.75) is 19.8 Å². The second-order valence-electron chi connectivity index (χ2n) is 6.00. The van der Waals surface area contributed by atoms with Crippen LogP contribution in [0.3, 0.4) is 0 Å². The SMILES string of the molecule is CC(C)c1ccc(/C=C(\SCC(=O)O)c2nc3ccccc3s2)cc1. The maximum atomic E-state index is 11.0. The van der Waals surface area contributed by atoms with Gasteiger partial charge in [0.2, 0.25) is 0 Å². The highest BCUT2D eigenvalue weighted by atomic mass is 32.2. The summed E-state index contributed by atoms with van der Waals surface area (Å²) in [5.41, 5.74) is 3.29. The van der Waals surface area contributed by atoms with Crippen molar-refractivity contribution in [2.24, 2.45) is 0 Å². The van der Waals surface area contributed by atoms with E-state index in [1.807, 2.05) is 30.3 Å². The number of carbonyl (C=O) groups is 1. The third kappa shape index (κ3) is 4.50. The summed E-state index contributed by atoms with van der Waals surface area (Å²) >= 11 is 2.90. The minimum Gasteiger partial charge on any atom is -0.481 e. The van der Waals surface area contributed by atoms with Gasteiger partial charge >= 0.3 is 5.97 Å². The fourth-order valence-corrected chi connectivity index (χ4v) is 4.26. The van der Waals surface area contributed by atoms with Gasteiger partial charge in [0.05, 0.1) is 16.0 Å². The number of benzene rings is 2. The van der Waals surface area contributed by atoms with Gasteiger partial charge in [-0.25, -0.2) is 4.98 Å². The lowest BCUT2D eigenvalue weighted by Gasteiger charge is -2.06. The number of rotatable bonds is 6. The summed E-state index contributed by atoms with van der Waals surface area (Å²) in [4.78, 5) is 16.6. The van der Waals surface area contributed by atoms with Crippen LogP contribution < -0.4 is 0 Å². The molecule has 0 atom stereocenters. The van der Waals surface area contributed by atoms with Crippen LogP contribution in [0.15, 0.2) is 48.5 Å². The molecule has 1 aromatic heterocycles. The van der Waals surface area contributed by atoms with Crippen LogP contribution in [0.4, 0.5) is 0 Å². The van der Waals surface area contributed by atoms with E-state index in [0.717, 1.165) is 25.7 Å². The van der Waals surface area contributed by atoms with Gasteiger partial charge in [-0.15, -0.1) is 23.1 Å². The molecule has 2 aromatic carbocycles. The lowest BCUT2D eigenvalue weighted by Crippen LogP contribution is -1.98. The molecule has 0 saturated heterocycles. The van der Waals surface area contributed by atoms with Crippen LogP contribution in [-0.2, 0) is 4.79 Å². The summed E-state index contributed by atoms with van der Waals surface area (Å²) in [5.74, 6) is -0.318. The van der Waals surface area contributed by atoms with Crippen LogP contribution >= 0.6 is 23.1 Å². The highest BCUT2D eigenvalue weighted by Crippen LogP contribution is 2.35. The lowest BCUT2D eigenvalue weighted by molar-refractivity contribution is -0.133. The third-order valence-electron chi connectivity index (χ3n) is 3.76. The zero-order valence-corrected chi connectivity index (χ0v) is 15.7. The Morgan fingerprint density at radius 2 is 1.92 bits per heavy atom. The Labute approximate surface area is 155 Å². The number of aliphatic carboxylic acids is 1. The van der Waals surface area contributed by atoms with Crippen LogP contribution in [0.5, 0.6) is 0 Å². The molecule has 128 valence electrons. The van der Waals surface area contributed by atoms with E-state index < -0.39 is 5.97 Å². The molecule has 0 aliphatic heterocycles. The second-order valence-corrected chi connectivity index (χ2v) is 8.05. The number of carboxylic acid groups (broad SMARTS) is 1. The Balaban J connectivity index is 1.96. The van der Waals surface area contributed by atoms with E-state index in [2.05, 4.69) is 43.1 Å². The zero-order chi connectivity index (χ0) is 17.8. The van der Waals surface area contributed by atoms with Gasteiger partial charge in [-0.2, -0.15) is 0 Å². The first kappa shape index (κ1) is 17.7. The number of aromatic nitrogens is 1. The molecule has 3 aromatic rings. The standard InChI is InChI=1S/C20H19NO2S2/c1-13(2)15-9-7-14(8-10-15)11-18(24-12-19(22)23)20-21-16-5-3-4-6-17(16)25-20/h3-11,13H,12H2,1-2H3,(H,22,23)/b18-11-. The number of carboxylic acids is 1. The van der Waals surface area contributed by atoms with E-state index in [-0.39, 0.29) is 5.75 Å². The van der Waals surface area contributed by atoms with E-state index in [9.17, 15) is 4.79 Å². The van der Waals surface area contributed by atoms with Gasteiger partial charge in [0.1, 0.15) is 5.01 Å². The number of hydrogen-bond acceptors (Lipinski definition) is 4. The highest BCUT2D eigenvalue weighted by molar-refractivity contribution is 8.09. The molecule has 3 nitrogen and oxygen atoms in total. The molecule has 0 spiro atoms. The summed E-state index contributed by atoms with van der Waals surface area (Å²) < 4.78 is 1.11. The van der Waals surface area contributed by atoms with Crippen molar-refractivity contribution in [3.05, 3.63) is 64.7 Å². The summed E-state index contributed by atoms with van der Waals surface area (Å²) in [7, 11) is 0. The number of thioether (sulfide) groups is 1. The lowest BCUT2D eigenvalue weighted by atomic mass is 10.0. The Morgan fingerprint density at radius 1 is 1.20 bits per heavy atom. The minimum absolute atomic E-state index is 0.0197. The van der Waals surface area contributed by atoms with Crippen molar-refractivity contribution in [1.29, 1.82) is 0 Å². The average Bonchev–Trinajstić information content (AvgIpc) is 3.02. The molecular weight excluding hydrogens is 350 g/mol. The van der Waals surface area contributed by atoms with E-state index in [1.54, 1.807) is 11.3 Å². The van der Waals surface area contributed by atoms with Gasteiger partial charge in [0, 0.05) is 4.91 Å². The van der Waals surface area contributed by atoms with E-state index in [0.29, 0.717) is 5.92 Å². The van der Waals surface area contributed by atoms with Crippen LogP contribution in [-0.4, -0.2) is 21.8 Å². The molecule has 1 N–H and O–H groups in total. The predicted molar refractivity (Wildman–Crippen MR) is 108 cm³/mol. The Kier molecular flexibility index (Phi) is 5.56. The fraction of sp³-hybridized carbons (Fsp3) is 0.200. The summed E-state index contributed by atoms with van der Waals surface area (Å²) in [6.07, 6.45) is 2.02. The van der Waals surface area contributed by atoms with Crippen LogP contribution in [0.1, 0.15) is 35.9 Å².